The number of nitrogens with zero attached hydrogens (tertiary/aromatic N) is 3. The molecule has 8 nitrogen and oxygen atoms in total. The van der Waals surface area contributed by atoms with E-state index >= 15 is 0 Å². The van der Waals surface area contributed by atoms with Crippen LogP contribution in [0, 0.1) is 0 Å². The maximum absolute atomic E-state index is 12.1. The molecule has 1 amide bonds. The average Bonchev–Trinajstić information content (AvgIpc) is 3.36. The van der Waals surface area contributed by atoms with E-state index in [0.29, 0.717) is 25.3 Å². The van der Waals surface area contributed by atoms with Gasteiger partial charge in [-0.25, -0.2) is 4.98 Å². The summed E-state index contributed by atoms with van der Waals surface area (Å²) in [5.74, 6) is -0.342. The third-order valence-corrected chi connectivity index (χ3v) is 6.26. The number of aromatic nitrogens is 1. The predicted molar refractivity (Wildman–Crippen MR) is 113 cm³/mol. The van der Waals surface area contributed by atoms with Crippen molar-refractivity contribution in [1.29, 1.82) is 0 Å². The maximum atomic E-state index is 12.1. The first-order chi connectivity index (χ1) is 14.5. The van der Waals surface area contributed by atoms with Crippen LogP contribution in [0.1, 0.15) is 21.6 Å². The molecule has 0 radical (unpaired) electrons. The van der Waals surface area contributed by atoms with E-state index in [1.54, 1.807) is 10.9 Å². The van der Waals surface area contributed by atoms with Gasteiger partial charge in [-0.1, -0.05) is 24.3 Å². The molecule has 2 aliphatic heterocycles. The van der Waals surface area contributed by atoms with Crippen LogP contribution in [0.5, 0.6) is 0 Å². The number of aliphatic hydroxyl groups is 2. The quantitative estimate of drug-likeness (QED) is 0.579. The van der Waals surface area contributed by atoms with E-state index in [9.17, 15) is 15.0 Å². The van der Waals surface area contributed by atoms with Gasteiger partial charge in [-0.3, -0.25) is 14.6 Å². The molecule has 30 heavy (non-hydrogen) atoms. The molecule has 2 saturated heterocycles. The highest BCUT2D eigenvalue weighted by Crippen LogP contribution is 2.24. The number of amides is 1. The molecule has 1 aromatic carbocycles. The van der Waals surface area contributed by atoms with Crippen molar-refractivity contribution in [3.8, 4) is 0 Å². The number of ether oxygens (including phenoxy) is 1. The number of benzene rings is 1. The van der Waals surface area contributed by atoms with Crippen LogP contribution in [0.2, 0.25) is 0 Å². The van der Waals surface area contributed by atoms with Crippen LogP contribution in [-0.4, -0.2) is 88.5 Å². The van der Waals surface area contributed by atoms with Gasteiger partial charge in [0.2, 0.25) is 0 Å². The maximum Gasteiger partial charge on any atom is 0.270 e. The van der Waals surface area contributed by atoms with E-state index in [1.807, 2.05) is 4.90 Å². The van der Waals surface area contributed by atoms with Gasteiger partial charge in [0, 0.05) is 44.6 Å². The van der Waals surface area contributed by atoms with Gasteiger partial charge in [-0.2, -0.15) is 0 Å². The summed E-state index contributed by atoms with van der Waals surface area (Å²) in [6.45, 7) is 5.62. The molecule has 0 saturated carbocycles. The van der Waals surface area contributed by atoms with Crippen LogP contribution in [0.25, 0.3) is 0 Å². The lowest BCUT2D eigenvalue weighted by molar-refractivity contribution is -0.0377. The number of hydrogen-bond acceptors (Lipinski definition) is 8. The Bertz CT molecular complexity index is 843. The van der Waals surface area contributed by atoms with E-state index in [1.165, 1.54) is 16.9 Å². The molecular formula is C21H28N4O4S. The van der Waals surface area contributed by atoms with Crippen LogP contribution in [-0.2, 0) is 17.8 Å². The van der Waals surface area contributed by atoms with Gasteiger partial charge in [-0.15, -0.1) is 11.3 Å². The molecule has 9 heteroatoms. The van der Waals surface area contributed by atoms with Crippen molar-refractivity contribution >= 4 is 17.2 Å². The van der Waals surface area contributed by atoms with Crippen LogP contribution < -0.4 is 5.32 Å². The first kappa shape index (κ1) is 21.4. The monoisotopic (exact) mass is 432 g/mol. The SMILES string of the molecule is O=C(NC[C@]1(O)CN(Cc2cccc(CN3CCOCC3)c2)C[C@H]1O)c1cscn1. The molecule has 2 fully saturated rings. The summed E-state index contributed by atoms with van der Waals surface area (Å²) in [5.41, 5.74) is 2.92. The van der Waals surface area contributed by atoms with Crippen molar-refractivity contribution in [2.24, 2.45) is 0 Å². The lowest BCUT2D eigenvalue weighted by Gasteiger charge is -2.27. The van der Waals surface area contributed by atoms with Gasteiger partial charge in [-0.05, 0) is 11.1 Å². The number of β-amino-alcohol motifs (C(OH)–C–C–N with tert-alkyl or cyclic N) is 2. The molecule has 2 atom stereocenters. The third kappa shape index (κ3) is 5.23. The zero-order valence-electron chi connectivity index (χ0n) is 16.9. The molecule has 2 aliphatic rings. The number of likely N-dealkylation sites (tertiary alicyclic amines) is 1. The highest BCUT2D eigenvalue weighted by molar-refractivity contribution is 7.07. The van der Waals surface area contributed by atoms with Gasteiger partial charge in [0.05, 0.1) is 31.4 Å². The van der Waals surface area contributed by atoms with Gasteiger partial charge in [0.15, 0.2) is 0 Å². The summed E-state index contributed by atoms with van der Waals surface area (Å²) in [4.78, 5) is 20.5. The molecule has 1 aromatic heterocycles. The molecule has 0 aliphatic carbocycles. The second-order valence-corrected chi connectivity index (χ2v) is 8.77. The smallest absolute Gasteiger partial charge is 0.270 e. The number of hydrogen-bond donors (Lipinski definition) is 3. The van der Waals surface area contributed by atoms with Crippen molar-refractivity contribution < 1.29 is 19.7 Å². The molecule has 3 N–H and O–H groups in total. The number of thiazole rings is 1. The average molecular weight is 433 g/mol. The standard InChI is InChI=1S/C21H28N4O4S/c26-19-11-25(14-21(19,28)13-22-20(27)18-12-30-15-23-18)10-17-3-1-2-16(8-17)9-24-4-6-29-7-5-24/h1-3,8,12,15,19,26,28H,4-7,9-11,13-14H2,(H,22,27)/t19-,21+/m1/s1. The Labute approximate surface area is 180 Å². The number of morpholine rings is 1. The third-order valence-electron chi connectivity index (χ3n) is 5.68. The van der Waals surface area contributed by atoms with Crippen molar-refractivity contribution in [3.63, 3.8) is 0 Å². The summed E-state index contributed by atoms with van der Waals surface area (Å²) < 4.78 is 5.41. The Balaban J connectivity index is 1.32. The minimum Gasteiger partial charge on any atom is -0.389 e. The molecule has 0 spiro atoms. The lowest BCUT2D eigenvalue weighted by Crippen LogP contribution is -2.51. The molecule has 162 valence electrons. The number of aliphatic hydroxyl groups excluding tert-OH is 1. The summed E-state index contributed by atoms with van der Waals surface area (Å²) in [6.07, 6.45) is -0.926. The number of carbonyl (C=O) groups is 1. The number of rotatable bonds is 7. The van der Waals surface area contributed by atoms with E-state index in [4.69, 9.17) is 4.74 Å². The van der Waals surface area contributed by atoms with E-state index in [0.717, 1.165) is 38.4 Å². The van der Waals surface area contributed by atoms with Gasteiger partial charge >= 0.3 is 0 Å². The zero-order valence-corrected chi connectivity index (χ0v) is 17.7. The fraction of sp³-hybridized carbons (Fsp3) is 0.524. The van der Waals surface area contributed by atoms with Crippen LogP contribution in [0.4, 0.5) is 0 Å². The zero-order chi connectivity index (χ0) is 21.0. The Morgan fingerprint density at radius 1 is 1.27 bits per heavy atom. The van der Waals surface area contributed by atoms with Crippen molar-refractivity contribution in [2.75, 3.05) is 45.9 Å². The summed E-state index contributed by atoms with van der Waals surface area (Å²) >= 11 is 1.34. The van der Waals surface area contributed by atoms with E-state index in [2.05, 4.69) is 39.5 Å². The van der Waals surface area contributed by atoms with Gasteiger partial charge < -0.3 is 20.3 Å². The first-order valence-corrected chi connectivity index (χ1v) is 11.1. The summed E-state index contributed by atoms with van der Waals surface area (Å²) in [7, 11) is 0. The Morgan fingerprint density at radius 3 is 2.70 bits per heavy atom. The van der Waals surface area contributed by atoms with Crippen LogP contribution in [0.3, 0.4) is 0 Å². The predicted octanol–water partition coefficient (Wildman–Crippen LogP) is 0.313. The second-order valence-electron chi connectivity index (χ2n) is 8.05. The molecule has 0 unspecified atom stereocenters. The van der Waals surface area contributed by atoms with Crippen molar-refractivity contribution in [1.82, 2.24) is 20.1 Å². The minimum atomic E-state index is -1.38. The highest BCUT2D eigenvalue weighted by atomic mass is 32.1. The second kappa shape index (κ2) is 9.51. The largest absolute Gasteiger partial charge is 0.389 e. The minimum absolute atomic E-state index is 0.0158. The van der Waals surface area contributed by atoms with Crippen molar-refractivity contribution in [2.45, 2.75) is 24.8 Å². The fourth-order valence-electron chi connectivity index (χ4n) is 4.02. The fourth-order valence-corrected chi connectivity index (χ4v) is 4.55. The first-order valence-electron chi connectivity index (χ1n) is 10.2. The highest BCUT2D eigenvalue weighted by Gasteiger charge is 2.44. The number of carbonyl (C=O) groups excluding carboxylic acids is 1. The lowest BCUT2D eigenvalue weighted by atomic mass is 10.0. The molecule has 0 bridgehead atoms. The molecule has 3 heterocycles. The van der Waals surface area contributed by atoms with Crippen LogP contribution >= 0.6 is 11.3 Å². The summed E-state index contributed by atoms with van der Waals surface area (Å²) in [6, 6.07) is 8.43. The van der Waals surface area contributed by atoms with Gasteiger partial charge in [0.1, 0.15) is 11.3 Å². The van der Waals surface area contributed by atoms with Gasteiger partial charge in [0.25, 0.3) is 5.91 Å². The Hall–Kier alpha value is -1.88. The summed E-state index contributed by atoms with van der Waals surface area (Å²) in [5, 5.41) is 25.7. The molecule has 2 aromatic rings. The normalized spacial score (nSPS) is 25.5. The Morgan fingerprint density at radius 2 is 2.00 bits per heavy atom. The molecular weight excluding hydrogens is 404 g/mol. The van der Waals surface area contributed by atoms with E-state index < -0.39 is 11.7 Å². The Kier molecular flexibility index (Phi) is 6.77. The number of nitrogens with one attached hydrogen (secondary N) is 1. The van der Waals surface area contributed by atoms with E-state index in [-0.39, 0.29) is 12.5 Å². The van der Waals surface area contributed by atoms with Crippen molar-refractivity contribution in [3.05, 3.63) is 52.0 Å². The van der Waals surface area contributed by atoms with Crippen LogP contribution in [0.15, 0.2) is 35.2 Å². The topological polar surface area (TPSA) is 98.2 Å². The molecule has 4 rings (SSSR count).